The predicted molar refractivity (Wildman–Crippen MR) is 89.7 cm³/mol. The summed E-state index contributed by atoms with van der Waals surface area (Å²) in [6.07, 6.45) is 4.31. The summed E-state index contributed by atoms with van der Waals surface area (Å²) < 4.78 is 1.000. The molecule has 0 amide bonds. The summed E-state index contributed by atoms with van der Waals surface area (Å²) in [5.74, 6) is 1.86. The molecule has 4 heteroatoms. The van der Waals surface area contributed by atoms with Crippen LogP contribution in [0.4, 0.5) is 5.82 Å². The number of benzene rings is 1. The summed E-state index contributed by atoms with van der Waals surface area (Å²) >= 11 is 3.63. The molecule has 0 aliphatic heterocycles. The fourth-order valence-electron chi connectivity index (χ4n) is 2.80. The lowest BCUT2D eigenvalue weighted by Crippen LogP contribution is -2.16. The SMILES string of the molecule is CCCc1nc(C2(c3ccccc3)CC2)nc(NC)c1Br. The second-order valence-electron chi connectivity index (χ2n) is 5.60. The first-order valence-electron chi connectivity index (χ1n) is 7.51. The highest BCUT2D eigenvalue weighted by atomic mass is 79.9. The molecule has 1 aromatic carbocycles. The highest BCUT2D eigenvalue weighted by Gasteiger charge is 2.49. The molecular formula is C17H20BrN3. The van der Waals surface area contributed by atoms with E-state index in [0.717, 1.165) is 47.5 Å². The smallest absolute Gasteiger partial charge is 0.144 e. The van der Waals surface area contributed by atoms with Gasteiger partial charge in [-0.25, -0.2) is 9.97 Å². The molecule has 3 nitrogen and oxygen atoms in total. The van der Waals surface area contributed by atoms with Crippen molar-refractivity contribution in [3.63, 3.8) is 0 Å². The molecule has 0 radical (unpaired) electrons. The summed E-state index contributed by atoms with van der Waals surface area (Å²) in [6, 6.07) is 10.6. The van der Waals surface area contributed by atoms with Crippen LogP contribution in [0.2, 0.25) is 0 Å². The average Bonchev–Trinajstić information content (AvgIpc) is 3.32. The third-order valence-electron chi connectivity index (χ3n) is 4.15. The zero-order valence-corrected chi connectivity index (χ0v) is 14.1. The van der Waals surface area contributed by atoms with E-state index in [1.165, 1.54) is 5.56 Å². The number of aromatic nitrogens is 2. The molecular weight excluding hydrogens is 326 g/mol. The Morgan fingerprint density at radius 2 is 1.90 bits per heavy atom. The Hall–Kier alpha value is -1.42. The summed E-state index contributed by atoms with van der Waals surface area (Å²) in [5.41, 5.74) is 2.46. The van der Waals surface area contributed by atoms with Crippen LogP contribution in [0.25, 0.3) is 0 Å². The average molecular weight is 346 g/mol. The third kappa shape index (κ3) is 2.57. The van der Waals surface area contributed by atoms with Crippen molar-refractivity contribution in [3.05, 3.63) is 51.9 Å². The molecule has 1 aromatic heterocycles. The van der Waals surface area contributed by atoms with E-state index in [1.807, 2.05) is 7.05 Å². The number of hydrogen-bond donors (Lipinski definition) is 1. The zero-order chi connectivity index (χ0) is 14.9. The minimum absolute atomic E-state index is 0.0239. The molecule has 1 aliphatic rings. The van der Waals surface area contributed by atoms with E-state index in [4.69, 9.17) is 9.97 Å². The Morgan fingerprint density at radius 1 is 1.19 bits per heavy atom. The molecule has 110 valence electrons. The van der Waals surface area contributed by atoms with E-state index < -0.39 is 0 Å². The molecule has 1 N–H and O–H groups in total. The van der Waals surface area contributed by atoms with Gasteiger partial charge in [0.1, 0.15) is 11.6 Å². The van der Waals surface area contributed by atoms with Gasteiger partial charge in [-0.1, -0.05) is 43.7 Å². The van der Waals surface area contributed by atoms with Gasteiger partial charge in [0, 0.05) is 7.05 Å². The second kappa shape index (κ2) is 5.76. The van der Waals surface area contributed by atoms with Crippen LogP contribution < -0.4 is 5.32 Å². The van der Waals surface area contributed by atoms with Gasteiger partial charge in [0.05, 0.1) is 15.6 Å². The van der Waals surface area contributed by atoms with Crippen molar-refractivity contribution in [3.8, 4) is 0 Å². The first-order chi connectivity index (χ1) is 10.2. The molecule has 21 heavy (non-hydrogen) atoms. The van der Waals surface area contributed by atoms with E-state index in [-0.39, 0.29) is 5.41 Å². The highest BCUT2D eigenvalue weighted by Crippen LogP contribution is 2.52. The summed E-state index contributed by atoms with van der Waals surface area (Å²) in [7, 11) is 1.91. The predicted octanol–water partition coefficient (Wildman–Crippen LogP) is 4.31. The Morgan fingerprint density at radius 3 is 2.48 bits per heavy atom. The van der Waals surface area contributed by atoms with E-state index >= 15 is 0 Å². The van der Waals surface area contributed by atoms with Gasteiger partial charge in [0.15, 0.2) is 0 Å². The van der Waals surface area contributed by atoms with Gasteiger partial charge in [-0.2, -0.15) is 0 Å². The van der Waals surface area contributed by atoms with Crippen molar-refractivity contribution in [2.45, 2.75) is 38.0 Å². The number of nitrogens with zero attached hydrogens (tertiary/aromatic N) is 2. The molecule has 1 fully saturated rings. The van der Waals surface area contributed by atoms with Gasteiger partial charge >= 0.3 is 0 Å². The monoisotopic (exact) mass is 345 g/mol. The molecule has 1 aliphatic carbocycles. The lowest BCUT2D eigenvalue weighted by molar-refractivity contribution is 0.730. The van der Waals surface area contributed by atoms with Crippen LogP contribution in [0.1, 0.15) is 43.3 Å². The summed E-state index contributed by atoms with van der Waals surface area (Å²) in [4.78, 5) is 9.66. The summed E-state index contributed by atoms with van der Waals surface area (Å²) in [5, 5.41) is 3.19. The Balaban J connectivity index is 2.08. The summed E-state index contributed by atoms with van der Waals surface area (Å²) in [6.45, 7) is 2.18. The van der Waals surface area contributed by atoms with Gasteiger partial charge in [-0.15, -0.1) is 0 Å². The zero-order valence-electron chi connectivity index (χ0n) is 12.5. The number of rotatable bonds is 5. The number of anilines is 1. The highest BCUT2D eigenvalue weighted by molar-refractivity contribution is 9.10. The minimum atomic E-state index is 0.0239. The lowest BCUT2D eigenvalue weighted by Gasteiger charge is -2.18. The topological polar surface area (TPSA) is 37.8 Å². The van der Waals surface area contributed by atoms with E-state index in [2.05, 4.69) is 58.5 Å². The van der Waals surface area contributed by atoms with Gasteiger partial charge in [0.2, 0.25) is 0 Å². The first kappa shape index (κ1) is 14.5. The van der Waals surface area contributed by atoms with Gasteiger partial charge in [-0.05, 0) is 40.8 Å². The molecule has 0 bridgehead atoms. The fourth-order valence-corrected chi connectivity index (χ4v) is 3.37. The van der Waals surface area contributed by atoms with Crippen LogP contribution in [-0.4, -0.2) is 17.0 Å². The Kier molecular flexibility index (Phi) is 3.98. The maximum absolute atomic E-state index is 4.88. The number of aryl methyl sites for hydroxylation is 1. The largest absolute Gasteiger partial charge is 0.372 e. The minimum Gasteiger partial charge on any atom is -0.372 e. The first-order valence-corrected chi connectivity index (χ1v) is 8.30. The van der Waals surface area contributed by atoms with E-state index in [0.29, 0.717) is 0 Å². The molecule has 0 saturated heterocycles. The maximum Gasteiger partial charge on any atom is 0.144 e. The molecule has 0 unspecified atom stereocenters. The fraction of sp³-hybridized carbons (Fsp3) is 0.412. The van der Waals surface area contributed by atoms with Gasteiger partial charge < -0.3 is 5.32 Å². The number of nitrogens with one attached hydrogen (secondary N) is 1. The molecule has 1 heterocycles. The van der Waals surface area contributed by atoms with Crippen molar-refractivity contribution in [1.29, 1.82) is 0 Å². The van der Waals surface area contributed by atoms with Crippen molar-refractivity contribution in [1.82, 2.24) is 9.97 Å². The normalized spacial score (nSPS) is 15.8. The van der Waals surface area contributed by atoms with Crippen molar-refractivity contribution >= 4 is 21.7 Å². The van der Waals surface area contributed by atoms with Crippen LogP contribution in [0.5, 0.6) is 0 Å². The third-order valence-corrected chi connectivity index (χ3v) is 4.98. The lowest BCUT2D eigenvalue weighted by atomic mass is 9.95. The molecule has 0 spiro atoms. The molecule has 1 saturated carbocycles. The Labute approximate surface area is 134 Å². The van der Waals surface area contributed by atoms with Gasteiger partial charge in [-0.3, -0.25) is 0 Å². The Bertz CT molecular complexity index is 636. The molecule has 0 atom stereocenters. The van der Waals surface area contributed by atoms with Crippen LogP contribution in [-0.2, 0) is 11.8 Å². The molecule has 2 aromatic rings. The van der Waals surface area contributed by atoms with Crippen LogP contribution >= 0.6 is 15.9 Å². The van der Waals surface area contributed by atoms with Crippen LogP contribution in [0.15, 0.2) is 34.8 Å². The van der Waals surface area contributed by atoms with E-state index in [9.17, 15) is 0 Å². The quantitative estimate of drug-likeness (QED) is 0.877. The van der Waals surface area contributed by atoms with Crippen molar-refractivity contribution in [2.24, 2.45) is 0 Å². The van der Waals surface area contributed by atoms with Crippen molar-refractivity contribution < 1.29 is 0 Å². The number of halogens is 1. The maximum atomic E-state index is 4.88. The standard InChI is InChI=1S/C17H20BrN3/c1-3-7-13-14(18)15(19-2)21-16(20-13)17(10-11-17)12-8-5-4-6-9-12/h4-6,8-9H,3,7,10-11H2,1-2H3,(H,19,20,21). The van der Waals surface area contributed by atoms with Crippen LogP contribution in [0, 0.1) is 0 Å². The number of hydrogen-bond acceptors (Lipinski definition) is 3. The van der Waals surface area contributed by atoms with E-state index in [1.54, 1.807) is 0 Å². The molecule has 3 rings (SSSR count). The van der Waals surface area contributed by atoms with Crippen molar-refractivity contribution in [2.75, 3.05) is 12.4 Å². The van der Waals surface area contributed by atoms with Crippen LogP contribution in [0.3, 0.4) is 0 Å². The second-order valence-corrected chi connectivity index (χ2v) is 6.40. The van der Waals surface area contributed by atoms with Gasteiger partial charge in [0.25, 0.3) is 0 Å².